The molecule has 0 saturated carbocycles. The number of carbonyl (C=O) groups excluding carboxylic acids is 1. The largest absolute Gasteiger partial charge is 0.337 e. The number of amides is 1. The van der Waals surface area contributed by atoms with Gasteiger partial charge in [-0.3, -0.25) is 9.69 Å². The van der Waals surface area contributed by atoms with Crippen LogP contribution in [-0.2, 0) is 13.1 Å². The van der Waals surface area contributed by atoms with Gasteiger partial charge in [-0.25, -0.2) is 0 Å². The first-order valence-electron chi connectivity index (χ1n) is 9.47. The van der Waals surface area contributed by atoms with Crippen molar-refractivity contribution in [3.05, 3.63) is 81.8 Å². The zero-order valence-corrected chi connectivity index (χ0v) is 16.2. The summed E-state index contributed by atoms with van der Waals surface area (Å²) in [6, 6.07) is 17.4. The Bertz CT molecular complexity index is 962. The lowest BCUT2D eigenvalue weighted by molar-refractivity contribution is 0.0559. The van der Waals surface area contributed by atoms with Crippen molar-refractivity contribution in [2.45, 2.75) is 32.1 Å². The van der Waals surface area contributed by atoms with E-state index < -0.39 is 0 Å². The molecule has 138 valence electrons. The van der Waals surface area contributed by atoms with Gasteiger partial charge in [0.15, 0.2) is 0 Å². The van der Waals surface area contributed by atoms with E-state index in [0.29, 0.717) is 12.6 Å². The van der Waals surface area contributed by atoms with Gasteiger partial charge >= 0.3 is 0 Å². The minimum atomic E-state index is 0.159. The number of rotatable bonds is 4. The highest BCUT2D eigenvalue weighted by molar-refractivity contribution is 7.09. The van der Waals surface area contributed by atoms with Gasteiger partial charge in [-0.1, -0.05) is 35.9 Å². The number of fused-ring (bicyclic) bond motifs is 3. The van der Waals surface area contributed by atoms with E-state index >= 15 is 0 Å². The van der Waals surface area contributed by atoms with Crippen LogP contribution < -0.4 is 0 Å². The molecule has 0 aliphatic carbocycles. The number of aromatic nitrogens is 1. The van der Waals surface area contributed by atoms with E-state index in [2.05, 4.69) is 69.3 Å². The summed E-state index contributed by atoms with van der Waals surface area (Å²) >= 11 is 1.73. The van der Waals surface area contributed by atoms with Crippen LogP contribution in [0.4, 0.5) is 0 Å². The molecule has 2 aliphatic rings. The number of benzene rings is 1. The van der Waals surface area contributed by atoms with E-state index in [-0.39, 0.29) is 11.9 Å². The average molecular weight is 378 g/mol. The zero-order chi connectivity index (χ0) is 18.4. The standard InChI is InChI=1S/C22H23N3OS/c1-16-5-2-6-17(11-16)12-23-14-20-21(15-23)25(13-18-7-4-10-27-18)22(26)19-8-3-9-24(19)20/h2-11,20-21H,12-15H2,1H3. The summed E-state index contributed by atoms with van der Waals surface area (Å²) in [6.07, 6.45) is 2.07. The maximum atomic E-state index is 13.1. The van der Waals surface area contributed by atoms with Crippen molar-refractivity contribution in [1.82, 2.24) is 14.4 Å². The fourth-order valence-electron chi connectivity index (χ4n) is 4.55. The smallest absolute Gasteiger partial charge is 0.271 e. The number of thiophene rings is 1. The van der Waals surface area contributed by atoms with E-state index in [1.807, 2.05) is 12.1 Å². The van der Waals surface area contributed by atoms with Crippen LogP contribution in [0.3, 0.4) is 0 Å². The van der Waals surface area contributed by atoms with Gasteiger partial charge in [0.1, 0.15) is 5.69 Å². The van der Waals surface area contributed by atoms with Crippen molar-refractivity contribution in [2.24, 2.45) is 0 Å². The molecule has 5 rings (SSSR count). The highest BCUT2D eigenvalue weighted by atomic mass is 32.1. The number of aryl methyl sites for hydroxylation is 1. The van der Waals surface area contributed by atoms with Crippen molar-refractivity contribution in [2.75, 3.05) is 13.1 Å². The summed E-state index contributed by atoms with van der Waals surface area (Å²) in [6.45, 7) is 5.69. The first-order chi connectivity index (χ1) is 13.2. The number of hydrogen-bond acceptors (Lipinski definition) is 3. The van der Waals surface area contributed by atoms with Crippen LogP contribution >= 0.6 is 11.3 Å². The van der Waals surface area contributed by atoms with Gasteiger partial charge < -0.3 is 9.47 Å². The third kappa shape index (κ3) is 3.01. The Kier molecular flexibility index (Phi) is 4.14. The van der Waals surface area contributed by atoms with Crippen molar-refractivity contribution in [3.8, 4) is 0 Å². The minimum absolute atomic E-state index is 0.159. The Morgan fingerprint density at radius 3 is 2.74 bits per heavy atom. The van der Waals surface area contributed by atoms with Gasteiger partial charge in [0.05, 0.1) is 18.6 Å². The quantitative estimate of drug-likeness (QED) is 0.689. The molecule has 1 aromatic carbocycles. The minimum Gasteiger partial charge on any atom is -0.337 e. The molecule has 27 heavy (non-hydrogen) atoms. The summed E-state index contributed by atoms with van der Waals surface area (Å²) in [5.74, 6) is 0.159. The fourth-order valence-corrected chi connectivity index (χ4v) is 5.25. The number of likely N-dealkylation sites (tertiary alicyclic amines) is 1. The first kappa shape index (κ1) is 16.8. The van der Waals surface area contributed by atoms with Gasteiger partial charge in [0.25, 0.3) is 5.91 Å². The Hall–Kier alpha value is -2.37. The van der Waals surface area contributed by atoms with E-state index in [0.717, 1.165) is 25.3 Å². The van der Waals surface area contributed by atoms with Crippen LogP contribution in [-0.4, -0.2) is 39.4 Å². The molecule has 0 bridgehead atoms. The Labute approximate surface area is 163 Å². The maximum absolute atomic E-state index is 13.1. The molecule has 2 aromatic heterocycles. The maximum Gasteiger partial charge on any atom is 0.271 e. The number of hydrogen-bond donors (Lipinski definition) is 0. The normalized spacial score (nSPS) is 22.1. The van der Waals surface area contributed by atoms with Crippen molar-refractivity contribution in [3.63, 3.8) is 0 Å². The van der Waals surface area contributed by atoms with E-state index in [1.165, 1.54) is 16.0 Å². The molecular formula is C22H23N3OS. The molecule has 1 saturated heterocycles. The molecule has 4 nitrogen and oxygen atoms in total. The molecule has 3 aromatic rings. The molecule has 1 fully saturated rings. The highest BCUT2D eigenvalue weighted by Crippen LogP contribution is 2.35. The lowest BCUT2D eigenvalue weighted by Gasteiger charge is -2.38. The predicted octanol–water partition coefficient (Wildman–Crippen LogP) is 3.94. The third-order valence-corrected chi connectivity index (χ3v) is 6.61. The molecule has 4 heterocycles. The van der Waals surface area contributed by atoms with E-state index in [4.69, 9.17) is 0 Å². The fraction of sp³-hybridized carbons (Fsp3) is 0.318. The first-order valence-corrected chi connectivity index (χ1v) is 10.3. The highest BCUT2D eigenvalue weighted by Gasteiger charge is 2.44. The molecule has 0 spiro atoms. The molecule has 0 N–H and O–H groups in total. The second kappa shape index (κ2) is 6.66. The van der Waals surface area contributed by atoms with Crippen molar-refractivity contribution in [1.29, 1.82) is 0 Å². The van der Waals surface area contributed by atoms with Crippen LogP contribution in [0.5, 0.6) is 0 Å². The van der Waals surface area contributed by atoms with Crippen LogP contribution in [0.15, 0.2) is 60.1 Å². The van der Waals surface area contributed by atoms with E-state index in [9.17, 15) is 4.79 Å². The molecule has 2 unspecified atom stereocenters. The van der Waals surface area contributed by atoms with Crippen LogP contribution in [0.25, 0.3) is 0 Å². The average Bonchev–Trinajstić information content (AvgIpc) is 3.38. The molecule has 2 aliphatic heterocycles. The zero-order valence-electron chi connectivity index (χ0n) is 15.4. The van der Waals surface area contributed by atoms with Gasteiger partial charge in [0.2, 0.25) is 0 Å². The molecule has 2 atom stereocenters. The summed E-state index contributed by atoms with van der Waals surface area (Å²) in [4.78, 5) is 19.0. The molecular weight excluding hydrogens is 354 g/mol. The van der Waals surface area contributed by atoms with Crippen molar-refractivity contribution < 1.29 is 4.79 Å². The Morgan fingerprint density at radius 1 is 1.04 bits per heavy atom. The van der Waals surface area contributed by atoms with Crippen molar-refractivity contribution >= 4 is 17.2 Å². The summed E-state index contributed by atoms with van der Waals surface area (Å²) < 4.78 is 2.20. The van der Waals surface area contributed by atoms with Crippen LogP contribution in [0, 0.1) is 6.92 Å². The van der Waals surface area contributed by atoms with Crippen LogP contribution in [0.2, 0.25) is 0 Å². The van der Waals surface area contributed by atoms with Gasteiger partial charge in [-0.2, -0.15) is 0 Å². The Balaban J connectivity index is 1.43. The second-order valence-electron chi connectivity index (χ2n) is 7.63. The SMILES string of the molecule is Cc1cccc(CN2CC3C(C2)n2cccc2C(=O)N3Cc2cccs2)c1. The summed E-state index contributed by atoms with van der Waals surface area (Å²) in [5.41, 5.74) is 3.47. The van der Waals surface area contributed by atoms with E-state index in [1.54, 1.807) is 11.3 Å². The summed E-state index contributed by atoms with van der Waals surface area (Å²) in [7, 11) is 0. The predicted molar refractivity (Wildman–Crippen MR) is 108 cm³/mol. The van der Waals surface area contributed by atoms with Gasteiger partial charge in [-0.05, 0) is 36.1 Å². The molecule has 5 heteroatoms. The van der Waals surface area contributed by atoms with Gasteiger partial charge in [-0.15, -0.1) is 11.3 Å². The number of carbonyl (C=O) groups is 1. The monoisotopic (exact) mass is 377 g/mol. The summed E-state index contributed by atoms with van der Waals surface area (Å²) in [5, 5.41) is 2.09. The lowest BCUT2D eigenvalue weighted by Crippen LogP contribution is -2.49. The lowest BCUT2D eigenvalue weighted by atomic mass is 10.1. The Morgan fingerprint density at radius 2 is 1.93 bits per heavy atom. The second-order valence-corrected chi connectivity index (χ2v) is 8.66. The third-order valence-electron chi connectivity index (χ3n) is 5.75. The molecule has 0 radical (unpaired) electrons. The molecule has 1 amide bonds. The van der Waals surface area contributed by atoms with Gasteiger partial charge in [0, 0.05) is 30.7 Å². The topological polar surface area (TPSA) is 28.5 Å². The number of nitrogens with zero attached hydrogens (tertiary/aromatic N) is 3. The van der Waals surface area contributed by atoms with Crippen LogP contribution in [0.1, 0.15) is 32.5 Å².